The Bertz CT molecular complexity index is 697. The molecule has 110 valence electrons. The first-order chi connectivity index (χ1) is 10.2. The van der Waals surface area contributed by atoms with Crippen LogP contribution >= 0.6 is 0 Å². The number of rotatable bonds is 2. The molecule has 1 atom stereocenters. The van der Waals surface area contributed by atoms with Crippen LogP contribution in [0.5, 0.6) is 0 Å². The number of oxazole rings is 1. The third kappa shape index (κ3) is 2.15. The summed E-state index contributed by atoms with van der Waals surface area (Å²) < 4.78 is 5.78. The van der Waals surface area contributed by atoms with E-state index in [4.69, 9.17) is 9.52 Å². The van der Waals surface area contributed by atoms with Crippen molar-refractivity contribution in [2.75, 3.05) is 31.1 Å². The van der Waals surface area contributed by atoms with Gasteiger partial charge >= 0.3 is 5.97 Å². The van der Waals surface area contributed by atoms with Crippen molar-refractivity contribution in [3.05, 3.63) is 23.8 Å². The molecule has 2 aliphatic heterocycles. The third-order valence-corrected chi connectivity index (χ3v) is 4.48. The second-order valence-corrected chi connectivity index (χ2v) is 5.76. The molecule has 0 spiro atoms. The van der Waals surface area contributed by atoms with E-state index in [9.17, 15) is 4.79 Å². The van der Waals surface area contributed by atoms with Crippen LogP contribution < -0.4 is 4.90 Å². The minimum Gasteiger partial charge on any atom is -0.478 e. The Morgan fingerprint density at radius 2 is 2.24 bits per heavy atom. The Kier molecular flexibility index (Phi) is 2.85. The molecule has 4 rings (SSSR count). The Morgan fingerprint density at radius 3 is 3.10 bits per heavy atom. The van der Waals surface area contributed by atoms with Gasteiger partial charge in [-0.2, -0.15) is 4.98 Å². The molecule has 3 heterocycles. The maximum atomic E-state index is 11.0. The summed E-state index contributed by atoms with van der Waals surface area (Å²) in [6.45, 7) is 4.10. The Hall–Kier alpha value is -2.08. The molecular weight excluding hydrogens is 270 g/mol. The number of carboxylic acid groups (broad SMARTS) is 1. The topological polar surface area (TPSA) is 69.8 Å². The second-order valence-electron chi connectivity index (χ2n) is 5.76. The van der Waals surface area contributed by atoms with Crippen LogP contribution in [0.2, 0.25) is 0 Å². The molecule has 6 nitrogen and oxygen atoms in total. The molecule has 6 heteroatoms. The molecule has 2 fully saturated rings. The summed E-state index contributed by atoms with van der Waals surface area (Å²) in [7, 11) is 0. The van der Waals surface area contributed by atoms with Gasteiger partial charge in [0.1, 0.15) is 5.52 Å². The van der Waals surface area contributed by atoms with Gasteiger partial charge in [-0.25, -0.2) is 4.79 Å². The molecule has 2 aliphatic rings. The van der Waals surface area contributed by atoms with E-state index in [1.807, 2.05) is 0 Å². The summed E-state index contributed by atoms with van der Waals surface area (Å²) in [5, 5.41) is 9.02. The van der Waals surface area contributed by atoms with Crippen LogP contribution in [0.3, 0.4) is 0 Å². The molecule has 0 bridgehead atoms. The van der Waals surface area contributed by atoms with Crippen molar-refractivity contribution in [3.63, 3.8) is 0 Å². The van der Waals surface area contributed by atoms with Crippen molar-refractivity contribution < 1.29 is 14.3 Å². The Morgan fingerprint density at radius 1 is 1.33 bits per heavy atom. The molecule has 21 heavy (non-hydrogen) atoms. The van der Waals surface area contributed by atoms with Crippen LogP contribution in [0.15, 0.2) is 22.6 Å². The molecule has 1 unspecified atom stereocenters. The number of carbonyl (C=O) groups is 1. The molecule has 0 amide bonds. The molecule has 0 radical (unpaired) electrons. The summed E-state index contributed by atoms with van der Waals surface area (Å²) in [4.78, 5) is 20.2. The number of aromatic carboxylic acids is 1. The molecule has 0 saturated carbocycles. The highest BCUT2D eigenvalue weighted by molar-refractivity contribution is 5.92. The van der Waals surface area contributed by atoms with Crippen molar-refractivity contribution in [2.24, 2.45) is 0 Å². The molecule has 0 aliphatic carbocycles. The third-order valence-electron chi connectivity index (χ3n) is 4.48. The smallest absolute Gasteiger partial charge is 0.335 e. The standard InChI is InChI=1S/C15H17N3O3/c19-14(20)10-3-4-12-13(8-10)21-15(16-12)18-7-6-17-5-1-2-11(17)9-18/h3-4,8,11H,1-2,5-7,9H2,(H,19,20). The number of nitrogens with zero attached hydrogens (tertiary/aromatic N) is 3. The van der Waals surface area contributed by atoms with Gasteiger partial charge in [0.25, 0.3) is 6.01 Å². The van der Waals surface area contributed by atoms with Crippen LogP contribution in [0.25, 0.3) is 11.1 Å². The van der Waals surface area contributed by atoms with Crippen LogP contribution in [0, 0.1) is 0 Å². The quantitative estimate of drug-likeness (QED) is 0.908. The highest BCUT2D eigenvalue weighted by Gasteiger charge is 2.32. The number of hydrogen-bond acceptors (Lipinski definition) is 5. The first-order valence-electron chi connectivity index (χ1n) is 7.33. The number of hydrogen-bond donors (Lipinski definition) is 1. The Labute approximate surface area is 122 Å². The molecular formula is C15H17N3O3. The molecule has 1 N–H and O–H groups in total. The van der Waals surface area contributed by atoms with E-state index in [0.29, 0.717) is 23.2 Å². The zero-order valence-corrected chi connectivity index (χ0v) is 11.7. The number of piperazine rings is 1. The fraction of sp³-hybridized carbons (Fsp3) is 0.467. The number of fused-ring (bicyclic) bond motifs is 2. The van der Waals surface area contributed by atoms with Crippen LogP contribution in [0.4, 0.5) is 6.01 Å². The number of anilines is 1. The second kappa shape index (κ2) is 4.73. The molecule has 1 aromatic heterocycles. The minimum atomic E-state index is -0.950. The summed E-state index contributed by atoms with van der Waals surface area (Å²) >= 11 is 0. The van der Waals surface area contributed by atoms with E-state index in [1.165, 1.54) is 19.4 Å². The van der Waals surface area contributed by atoms with Gasteiger partial charge in [0.2, 0.25) is 0 Å². The Balaban J connectivity index is 1.63. The fourth-order valence-corrected chi connectivity index (χ4v) is 3.35. The van der Waals surface area contributed by atoms with Gasteiger partial charge in [0.15, 0.2) is 5.58 Å². The lowest BCUT2D eigenvalue weighted by atomic mass is 10.2. The van der Waals surface area contributed by atoms with Gasteiger partial charge in [-0.15, -0.1) is 0 Å². The van der Waals surface area contributed by atoms with Gasteiger partial charge in [0.05, 0.1) is 5.56 Å². The van der Waals surface area contributed by atoms with E-state index in [0.717, 1.165) is 19.6 Å². The van der Waals surface area contributed by atoms with E-state index >= 15 is 0 Å². The van der Waals surface area contributed by atoms with Gasteiger partial charge in [0, 0.05) is 25.7 Å². The molecule has 2 aromatic rings. The van der Waals surface area contributed by atoms with E-state index in [2.05, 4.69) is 14.8 Å². The van der Waals surface area contributed by atoms with E-state index < -0.39 is 5.97 Å². The van der Waals surface area contributed by atoms with Crippen molar-refractivity contribution in [3.8, 4) is 0 Å². The van der Waals surface area contributed by atoms with Crippen molar-refractivity contribution in [2.45, 2.75) is 18.9 Å². The lowest BCUT2D eigenvalue weighted by Crippen LogP contribution is -2.50. The first kappa shape index (κ1) is 12.6. The average molecular weight is 287 g/mol. The highest BCUT2D eigenvalue weighted by Crippen LogP contribution is 2.28. The maximum absolute atomic E-state index is 11.0. The number of benzene rings is 1. The van der Waals surface area contributed by atoms with Crippen LogP contribution in [0.1, 0.15) is 23.2 Å². The van der Waals surface area contributed by atoms with Crippen molar-refractivity contribution in [1.82, 2.24) is 9.88 Å². The van der Waals surface area contributed by atoms with Crippen molar-refractivity contribution >= 4 is 23.1 Å². The predicted octanol–water partition coefficient (Wildman–Crippen LogP) is 1.81. The SMILES string of the molecule is O=C(O)c1ccc2nc(N3CCN4CCCC4C3)oc2c1. The number of aromatic nitrogens is 1. The zero-order chi connectivity index (χ0) is 14.4. The summed E-state index contributed by atoms with van der Waals surface area (Å²) in [6.07, 6.45) is 2.51. The van der Waals surface area contributed by atoms with E-state index in [1.54, 1.807) is 18.2 Å². The molecule has 1 aromatic carbocycles. The number of carboxylic acids is 1. The van der Waals surface area contributed by atoms with Crippen LogP contribution in [-0.2, 0) is 0 Å². The predicted molar refractivity (Wildman–Crippen MR) is 77.8 cm³/mol. The van der Waals surface area contributed by atoms with Gasteiger partial charge in [-0.05, 0) is 37.6 Å². The van der Waals surface area contributed by atoms with E-state index in [-0.39, 0.29) is 5.56 Å². The summed E-state index contributed by atoms with van der Waals surface area (Å²) in [6, 6.07) is 6.02. The summed E-state index contributed by atoms with van der Waals surface area (Å²) in [5.74, 6) is -0.950. The summed E-state index contributed by atoms with van der Waals surface area (Å²) in [5.41, 5.74) is 1.48. The lowest BCUT2D eigenvalue weighted by Gasteiger charge is -2.36. The molecule has 2 saturated heterocycles. The maximum Gasteiger partial charge on any atom is 0.335 e. The normalized spacial score (nSPS) is 22.7. The lowest BCUT2D eigenvalue weighted by molar-refractivity contribution is 0.0697. The first-order valence-corrected chi connectivity index (χ1v) is 7.33. The van der Waals surface area contributed by atoms with Crippen molar-refractivity contribution in [1.29, 1.82) is 0 Å². The largest absolute Gasteiger partial charge is 0.478 e. The zero-order valence-electron chi connectivity index (χ0n) is 11.7. The van der Waals surface area contributed by atoms with Gasteiger partial charge in [-0.3, -0.25) is 4.90 Å². The monoisotopic (exact) mass is 287 g/mol. The fourth-order valence-electron chi connectivity index (χ4n) is 3.35. The van der Waals surface area contributed by atoms with Gasteiger partial charge < -0.3 is 14.4 Å². The highest BCUT2D eigenvalue weighted by atomic mass is 16.4. The average Bonchev–Trinajstić information content (AvgIpc) is 3.11. The van der Waals surface area contributed by atoms with Gasteiger partial charge in [-0.1, -0.05) is 0 Å². The minimum absolute atomic E-state index is 0.228. The van der Waals surface area contributed by atoms with Crippen LogP contribution in [-0.4, -0.2) is 53.2 Å².